The Morgan fingerprint density at radius 2 is 1.67 bits per heavy atom. The Morgan fingerprint density at radius 1 is 1.10 bits per heavy atom. The predicted octanol–water partition coefficient (Wildman–Crippen LogP) is 1.38. The van der Waals surface area contributed by atoms with Crippen LogP contribution in [0.25, 0.3) is 0 Å². The lowest BCUT2D eigenvalue weighted by Gasteiger charge is -2.20. The zero-order chi connectivity index (χ0) is 21.9. The molecule has 1 aromatic carbocycles. The standard InChI is InChI=1S/C20H24N4O6/c1-12(17(27)22-15-7-5-14(6-8-15)21-13(2)25)30-16(26)11-24-18(28)20(23-19(24)29)9-3-4-10-20/h5-8,12H,3-4,9-11H2,1-2H3,(H,21,25)(H,22,27)(H,23,29)/t12-/m1/s1. The van der Waals surface area contributed by atoms with Crippen LogP contribution < -0.4 is 16.0 Å². The molecule has 3 N–H and O–H groups in total. The Kier molecular flexibility index (Phi) is 6.04. The van der Waals surface area contributed by atoms with Crippen LogP contribution >= 0.6 is 0 Å². The molecular formula is C20H24N4O6. The number of hydrogen-bond donors (Lipinski definition) is 3. The number of rotatable bonds is 6. The maximum Gasteiger partial charge on any atom is 0.327 e. The number of nitrogens with one attached hydrogen (secondary N) is 3. The second-order valence-electron chi connectivity index (χ2n) is 7.49. The van der Waals surface area contributed by atoms with Crippen molar-refractivity contribution < 1.29 is 28.7 Å². The summed E-state index contributed by atoms with van der Waals surface area (Å²) in [6.07, 6.45) is 1.67. The number of imide groups is 1. The molecule has 1 heterocycles. The fourth-order valence-corrected chi connectivity index (χ4v) is 3.64. The molecule has 160 valence electrons. The zero-order valence-electron chi connectivity index (χ0n) is 16.8. The van der Waals surface area contributed by atoms with E-state index in [1.54, 1.807) is 24.3 Å². The van der Waals surface area contributed by atoms with Gasteiger partial charge in [-0.25, -0.2) is 4.79 Å². The van der Waals surface area contributed by atoms with Crippen LogP contribution in [0.1, 0.15) is 39.5 Å². The first kappa shape index (κ1) is 21.3. The number of amides is 5. The molecule has 1 aromatic rings. The van der Waals surface area contributed by atoms with Gasteiger partial charge in [0.1, 0.15) is 12.1 Å². The summed E-state index contributed by atoms with van der Waals surface area (Å²) in [5.74, 6) is -2.05. The average Bonchev–Trinajstić information content (AvgIpc) is 3.23. The number of esters is 1. The number of carbonyl (C=O) groups is 5. The zero-order valence-corrected chi connectivity index (χ0v) is 16.8. The third kappa shape index (κ3) is 4.58. The smallest absolute Gasteiger partial charge is 0.327 e. The quantitative estimate of drug-likeness (QED) is 0.474. The van der Waals surface area contributed by atoms with Crippen molar-refractivity contribution in [2.45, 2.75) is 51.2 Å². The Balaban J connectivity index is 1.51. The van der Waals surface area contributed by atoms with Crippen LogP contribution in [-0.4, -0.2) is 52.8 Å². The maximum atomic E-state index is 12.6. The van der Waals surface area contributed by atoms with E-state index in [1.165, 1.54) is 13.8 Å². The van der Waals surface area contributed by atoms with Gasteiger partial charge in [0.15, 0.2) is 6.10 Å². The van der Waals surface area contributed by atoms with E-state index >= 15 is 0 Å². The van der Waals surface area contributed by atoms with Gasteiger partial charge in [-0.2, -0.15) is 0 Å². The Morgan fingerprint density at radius 3 is 2.23 bits per heavy atom. The van der Waals surface area contributed by atoms with Gasteiger partial charge in [-0.05, 0) is 44.0 Å². The molecular weight excluding hydrogens is 392 g/mol. The Bertz CT molecular complexity index is 876. The lowest BCUT2D eigenvalue weighted by atomic mass is 9.98. The topological polar surface area (TPSA) is 134 Å². The van der Waals surface area contributed by atoms with Gasteiger partial charge >= 0.3 is 12.0 Å². The number of anilines is 2. The summed E-state index contributed by atoms with van der Waals surface area (Å²) in [7, 11) is 0. The predicted molar refractivity (Wildman–Crippen MR) is 106 cm³/mol. The number of benzene rings is 1. The van der Waals surface area contributed by atoms with Gasteiger partial charge in [0, 0.05) is 18.3 Å². The lowest BCUT2D eigenvalue weighted by molar-refractivity contribution is -0.155. The van der Waals surface area contributed by atoms with Gasteiger partial charge in [-0.15, -0.1) is 0 Å². The van der Waals surface area contributed by atoms with Crippen molar-refractivity contribution in [3.63, 3.8) is 0 Å². The van der Waals surface area contributed by atoms with Gasteiger partial charge < -0.3 is 20.7 Å². The Labute approximate surface area is 173 Å². The molecule has 5 amide bonds. The first-order valence-electron chi connectivity index (χ1n) is 9.72. The highest BCUT2D eigenvalue weighted by molar-refractivity contribution is 6.09. The van der Waals surface area contributed by atoms with E-state index < -0.39 is 42.0 Å². The fourth-order valence-electron chi connectivity index (χ4n) is 3.64. The van der Waals surface area contributed by atoms with Crippen LogP contribution in [0.4, 0.5) is 16.2 Å². The third-order valence-electron chi connectivity index (χ3n) is 5.14. The van der Waals surface area contributed by atoms with Gasteiger partial charge in [-0.1, -0.05) is 12.8 Å². The number of nitrogens with zero attached hydrogens (tertiary/aromatic N) is 1. The van der Waals surface area contributed by atoms with Crippen LogP contribution in [-0.2, 0) is 23.9 Å². The highest BCUT2D eigenvalue weighted by atomic mass is 16.5. The molecule has 0 radical (unpaired) electrons. The summed E-state index contributed by atoms with van der Waals surface area (Å²) in [5, 5.41) is 7.88. The fraction of sp³-hybridized carbons (Fsp3) is 0.450. The van der Waals surface area contributed by atoms with Crippen LogP contribution in [0.3, 0.4) is 0 Å². The Hall–Kier alpha value is -3.43. The van der Waals surface area contributed by atoms with Crippen molar-refractivity contribution in [1.82, 2.24) is 10.2 Å². The molecule has 2 fully saturated rings. The highest BCUT2D eigenvalue weighted by Gasteiger charge is 2.52. The van der Waals surface area contributed by atoms with Gasteiger partial charge in [0.2, 0.25) is 5.91 Å². The van der Waals surface area contributed by atoms with Gasteiger partial charge in [-0.3, -0.25) is 24.1 Å². The molecule has 3 rings (SSSR count). The van der Waals surface area contributed by atoms with Crippen LogP contribution in [0.15, 0.2) is 24.3 Å². The van der Waals surface area contributed by atoms with Crippen LogP contribution in [0.5, 0.6) is 0 Å². The highest BCUT2D eigenvalue weighted by Crippen LogP contribution is 2.34. The molecule has 10 heteroatoms. The molecule has 2 aliphatic rings. The molecule has 1 saturated carbocycles. The number of carbonyl (C=O) groups excluding carboxylic acids is 5. The van der Waals surface area contributed by atoms with E-state index in [4.69, 9.17) is 4.74 Å². The molecule has 30 heavy (non-hydrogen) atoms. The van der Waals surface area contributed by atoms with E-state index in [9.17, 15) is 24.0 Å². The molecule has 0 bridgehead atoms. The van der Waals surface area contributed by atoms with Crippen molar-refractivity contribution >= 4 is 41.1 Å². The summed E-state index contributed by atoms with van der Waals surface area (Å²) in [4.78, 5) is 61.0. The minimum absolute atomic E-state index is 0.212. The molecule has 1 saturated heterocycles. The monoisotopic (exact) mass is 416 g/mol. The van der Waals surface area contributed by atoms with Crippen molar-refractivity contribution in [2.24, 2.45) is 0 Å². The molecule has 0 aromatic heterocycles. The molecule has 10 nitrogen and oxygen atoms in total. The third-order valence-corrected chi connectivity index (χ3v) is 5.14. The lowest BCUT2D eigenvalue weighted by Crippen LogP contribution is -2.44. The van der Waals surface area contributed by atoms with E-state index in [0.29, 0.717) is 24.2 Å². The second kappa shape index (κ2) is 8.52. The number of urea groups is 1. The van der Waals surface area contributed by atoms with E-state index in [-0.39, 0.29) is 5.91 Å². The molecule has 1 atom stereocenters. The first-order valence-corrected chi connectivity index (χ1v) is 9.72. The van der Waals surface area contributed by atoms with E-state index in [0.717, 1.165) is 17.7 Å². The summed E-state index contributed by atoms with van der Waals surface area (Å²) in [6, 6.07) is 5.79. The summed E-state index contributed by atoms with van der Waals surface area (Å²) in [5.41, 5.74) is 0.131. The molecule has 1 aliphatic heterocycles. The summed E-state index contributed by atoms with van der Waals surface area (Å²) in [6.45, 7) is 2.23. The van der Waals surface area contributed by atoms with Crippen molar-refractivity contribution in [3.8, 4) is 0 Å². The maximum absolute atomic E-state index is 12.6. The number of ether oxygens (including phenoxy) is 1. The molecule has 1 aliphatic carbocycles. The van der Waals surface area contributed by atoms with Crippen molar-refractivity contribution in [3.05, 3.63) is 24.3 Å². The van der Waals surface area contributed by atoms with Crippen LogP contribution in [0.2, 0.25) is 0 Å². The van der Waals surface area contributed by atoms with Gasteiger partial charge in [0.05, 0.1) is 0 Å². The second-order valence-corrected chi connectivity index (χ2v) is 7.49. The first-order chi connectivity index (χ1) is 14.2. The average molecular weight is 416 g/mol. The van der Waals surface area contributed by atoms with Crippen molar-refractivity contribution in [1.29, 1.82) is 0 Å². The minimum Gasteiger partial charge on any atom is -0.451 e. The molecule has 1 spiro atoms. The normalized spacial score (nSPS) is 18.1. The largest absolute Gasteiger partial charge is 0.451 e. The summed E-state index contributed by atoms with van der Waals surface area (Å²) >= 11 is 0. The van der Waals surface area contributed by atoms with Gasteiger partial charge in [0.25, 0.3) is 11.8 Å². The molecule has 0 unspecified atom stereocenters. The number of hydrogen-bond acceptors (Lipinski definition) is 6. The van der Waals surface area contributed by atoms with Crippen LogP contribution in [0, 0.1) is 0 Å². The van der Waals surface area contributed by atoms with E-state index in [2.05, 4.69) is 16.0 Å². The SMILES string of the molecule is CC(=O)Nc1ccc(NC(=O)[C@@H](C)OC(=O)CN2C(=O)NC3(CCCC3)C2=O)cc1. The summed E-state index contributed by atoms with van der Waals surface area (Å²) < 4.78 is 5.09. The minimum atomic E-state index is -1.13. The van der Waals surface area contributed by atoms with E-state index in [1.807, 2.05) is 0 Å². The van der Waals surface area contributed by atoms with Crippen molar-refractivity contribution in [2.75, 3.05) is 17.2 Å².